The Morgan fingerprint density at radius 1 is 1.17 bits per heavy atom. The number of fused-ring (bicyclic) bond motifs is 1. The molecule has 1 aromatic heterocycles. The van der Waals surface area contributed by atoms with Crippen LogP contribution in [-0.2, 0) is 22.4 Å². The number of thiophene rings is 1. The van der Waals surface area contributed by atoms with Gasteiger partial charge in [0.1, 0.15) is 4.88 Å². The molecule has 3 rings (SSSR count). The van der Waals surface area contributed by atoms with Crippen molar-refractivity contribution in [3.05, 3.63) is 21.4 Å². The lowest BCUT2D eigenvalue weighted by Crippen LogP contribution is -2.40. The molecule has 1 N–H and O–H groups in total. The van der Waals surface area contributed by atoms with Crippen molar-refractivity contribution in [3.63, 3.8) is 0 Å². The van der Waals surface area contributed by atoms with Gasteiger partial charge in [-0.3, -0.25) is 4.79 Å². The molecule has 0 aliphatic heterocycles. The molecule has 0 aromatic carbocycles. The number of carbonyl (C=O) groups is 2. The molecule has 1 atom stereocenters. The van der Waals surface area contributed by atoms with Crippen LogP contribution in [0.3, 0.4) is 0 Å². The van der Waals surface area contributed by atoms with Crippen molar-refractivity contribution in [2.45, 2.75) is 76.9 Å². The van der Waals surface area contributed by atoms with Crippen molar-refractivity contribution in [2.24, 2.45) is 0 Å². The predicted molar refractivity (Wildman–Crippen MR) is 90.9 cm³/mol. The Morgan fingerprint density at radius 2 is 1.91 bits per heavy atom. The molecule has 2 aliphatic rings. The highest BCUT2D eigenvalue weighted by molar-refractivity contribution is 7.14. The minimum Gasteiger partial charge on any atom is -0.448 e. The number of ether oxygens (including phenoxy) is 1. The summed E-state index contributed by atoms with van der Waals surface area (Å²) >= 11 is 1.54. The summed E-state index contributed by atoms with van der Waals surface area (Å²) in [7, 11) is 0. The lowest BCUT2D eigenvalue weighted by molar-refractivity contribution is -0.129. The lowest BCUT2D eigenvalue weighted by Gasteiger charge is -2.16. The lowest BCUT2D eigenvalue weighted by atomic mass is 10.1. The van der Waals surface area contributed by atoms with Crippen LogP contribution < -0.4 is 5.32 Å². The summed E-state index contributed by atoms with van der Waals surface area (Å²) in [6.07, 6.45) is 9.43. The van der Waals surface area contributed by atoms with Crippen molar-refractivity contribution in [1.82, 2.24) is 5.32 Å². The number of carbonyl (C=O) groups excluding carboxylic acids is 2. The Kier molecular flexibility index (Phi) is 5.36. The smallest absolute Gasteiger partial charge is 0.349 e. The van der Waals surface area contributed by atoms with E-state index in [2.05, 4.69) is 5.32 Å². The third kappa shape index (κ3) is 4.14. The molecule has 5 heteroatoms. The van der Waals surface area contributed by atoms with E-state index in [1.165, 1.54) is 53.9 Å². The highest BCUT2D eigenvalue weighted by Crippen LogP contribution is 2.29. The van der Waals surface area contributed by atoms with Gasteiger partial charge in [0.05, 0.1) is 0 Å². The van der Waals surface area contributed by atoms with E-state index >= 15 is 0 Å². The second-order valence-corrected chi connectivity index (χ2v) is 7.79. The van der Waals surface area contributed by atoms with Crippen LogP contribution >= 0.6 is 11.3 Å². The van der Waals surface area contributed by atoms with Gasteiger partial charge in [-0.25, -0.2) is 4.79 Å². The molecule has 0 spiro atoms. The van der Waals surface area contributed by atoms with Crippen molar-refractivity contribution in [1.29, 1.82) is 0 Å². The topological polar surface area (TPSA) is 55.4 Å². The van der Waals surface area contributed by atoms with E-state index in [-0.39, 0.29) is 17.9 Å². The SMILES string of the molecule is C[C@@H](OC(=O)c1cc2c(s1)CCCCC2)C(=O)NC1CCCC1. The third-order valence-corrected chi connectivity index (χ3v) is 6.02. The highest BCUT2D eigenvalue weighted by atomic mass is 32.1. The minimum absolute atomic E-state index is 0.177. The quantitative estimate of drug-likeness (QED) is 0.675. The Balaban J connectivity index is 1.56. The molecule has 1 aromatic rings. The molecule has 0 saturated heterocycles. The number of rotatable bonds is 4. The Morgan fingerprint density at radius 3 is 2.70 bits per heavy atom. The van der Waals surface area contributed by atoms with Gasteiger partial charge in [-0.1, -0.05) is 19.3 Å². The van der Waals surface area contributed by atoms with Crippen LogP contribution in [0.5, 0.6) is 0 Å². The Labute approximate surface area is 141 Å². The molecule has 126 valence electrons. The minimum atomic E-state index is -0.731. The number of nitrogens with one attached hydrogen (secondary N) is 1. The molecule has 0 bridgehead atoms. The zero-order chi connectivity index (χ0) is 16.2. The second kappa shape index (κ2) is 7.47. The molecule has 1 heterocycles. The highest BCUT2D eigenvalue weighted by Gasteiger charge is 2.25. The van der Waals surface area contributed by atoms with Gasteiger partial charge < -0.3 is 10.1 Å². The average Bonchev–Trinajstić information content (AvgIpc) is 3.13. The second-order valence-electron chi connectivity index (χ2n) is 6.66. The normalized spacial score (nSPS) is 19.7. The van der Waals surface area contributed by atoms with Gasteiger partial charge in [0.15, 0.2) is 6.10 Å². The van der Waals surface area contributed by atoms with Gasteiger partial charge in [0.25, 0.3) is 5.91 Å². The number of aryl methyl sites for hydroxylation is 2. The van der Waals surface area contributed by atoms with E-state index < -0.39 is 6.10 Å². The summed E-state index contributed by atoms with van der Waals surface area (Å²) < 4.78 is 5.38. The van der Waals surface area contributed by atoms with Gasteiger partial charge >= 0.3 is 5.97 Å². The maximum atomic E-state index is 12.3. The summed E-state index contributed by atoms with van der Waals surface area (Å²) in [6.45, 7) is 1.65. The maximum Gasteiger partial charge on any atom is 0.349 e. The molecule has 23 heavy (non-hydrogen) atoms. The summed E-state index contributed by atoms with van der Waals surface area (Å²) in [5.41, 5.74) is 1.29. The first kappa shape index (κ1) is 16.5. The van der Waals surface area contributed by atoms with Crippen molar-refractivity contribution in [2.75, 3.05) is 0 Å². The maximum absolute atomic E-state index is 12.3. The number of amides is 1. The standard InChI is InChI=1S/C18H25NO3S/c1-12(17(20)19-14-8-5-6-9-14)22-18(21)16-11-13-7-3-2-4-10-15(13)23-16/h11-12,14H,2-10H2,1H3,(H,19,20)/t12-/m1/s1. The van der Waals surface area contributed by atoms with Crippen LogP contribution in [-0.4, -0.2) is 24.0 Å². The van der Waals surface area contributed by atoms with E-state index in [0.717, 1.165) is 25.7 Å². The Hall–Kier alpha value is -1.36. The fourth-order valence-corrected chi connectivity index (χ4v) is 4.57. The van der Waals surface area contributed by atoms with Gasteiger partial charge in [-0.2, -0.15) is 0 Å². The fraction of sp³-hybridized carbons (Fsp3) is 0.667. The van der Waals surface area contributed by atoms with Gasteiger partial charge in [-0.05, 0) is 57.1 Å². The van der Waals surface area contributed by atoms with E-state index in [4.69, 9.17) is 4.74 Å². The molecule has 0 unspecified atom stereocenters. The molecule has 2 aliphatic carbocycles. The molecular weight excluding hydrogens is 310 g/mol. The number of esters is 1. The first-order valence-electron chi connectivity index (χ1n) is 8.76. The van der Waals surface area contributed by atoms with Crippen LogP contribution in [0.15, 0.2) is 6.07 Å². The zero-order valence-corrected chi connectivity index (χ0v) is 14.5. The van der Waals surface area contributed by atoms with Crippen LogP contribution in [0.4, 0.5) is 0 Å². The molecular formula is C18H25NO3S. The molecule has 1 saturated carbocycles. The first-order chi connectivity index (χ1) is 11.1. The molecule has 4 nitrogen and oxygen atoms in total. The molecule has 1 fully saturated rings. The van der Waals surface area contributed by atoms with Crippen molar-refractivity contribution in [3.8, 4) is 0 Å². The molecule has 0 radical (unpaired) electrons. The third-order valence-electron chi connectivity index (χ3n) is 4.80. The van der Waals surface area contributed by atoms with Crippen molar-refractivity contribution < 1.29 is 14.3 Å². The van der Waals surface area contributed by atoms with Crippen LogP contribution in [0.25, 0.3) is 0 Å². The monoisotopic (exact) mass is 335 g/mol. The summed E-state index contributed by atoms with van der Waals surface area (Å²) in [5, 5.41) is 2.98. The average molecular weight is 335 g/mol. The van der Waals surface area contributed by atoms with E-state index in [1.807, 2.05) is 6.07 Å². The van der Waals surface area contributed by atoms with Gasteiger partial charge in [0, 0.05) is 10.9 Å². The van der Waals surface area contributed by atoms with Crippen LogP contribution in [0, 0.1) is 0 Å². The predicted octanol–water partition coefficient (Wildman–Crippen LogP) is 3.62. The largest absolute Gasteiger partial charge is 0.448 e. The van der Waals surface area contributed by atoms with E-state index in [9.17, 15) is 9.59 Å². The van der Waals surface area contributed by atoms with Crippen LogP contribution in [0.1, 0.15) is 72.0 Å². The summed E-state index contributed by atoms with van der Waals surface area (Å²) in [4.78, 5) is 26.4. The van der Waals surface area contributed by atoms with Gasteiger partial charge in [-0.15, -0.1) is 11.3 Å². The fourth-order valence-electron chi connectivity index (χ4n) is 3.43. The van der Waals surface area contributed by atoms with Crippen LogP contribution in [0.2, 0.25) is 0 Å². The zero-order valence-electron chi connectivity index (χ0n) is 13.7. The van der Waals surface area contributed by atoms with Gasteiger partial charge in [0.2, 0.25) is 0 Å². The van der Waals surface area contributed by atoms with E-state index in [0.29, 0.717) is 4.88 Å². The first-order valence-corrected chi connectivity index (χ1v) is 9.58. The number of hydrogen-bond donors (Lipinski definition) is 1. The molecule has 1 amide bonds. The van der Waals surface area contributed by atoms with Crippen molar-refractivity contribution >= 4 is 23.2 Å². The number of hydrogen-bond acceptors (Lipinski definition) is 4. The summed E-state index contributed by atoms with van der Waals surface area (Å²) in [5.74, 6) is -0.541. The summed E-state index contributed by atoms with van der Waals surface area (Å²) in [6, 6.07) is 2.22. The van der Waals surface area contributed by atoms with E-state index in [1.54, 1.807) is 6.92 Å². The Bertz CT molecular complexity index is 551.